The first-order chi connectivity index (χ1) is 7.22. The highest BCUT2D eigenvalue weighted by atomic mass is 79.9. The predicted octanol–water partition coefficient (Wildman–Crippen LogP) is 3.72. The van der Waals surface area contributed by atoms with Gasteiger partial charge in [0.1, 0.15) is 17.6 Å². The van der Waals surface area contributed by atoms with Crippen LogP contribution in [0.1, 0.15) is 5.56 Å². The molecular formula is C11H5BrFNO. The Bertz CT molecular complexity index is 528. The van der Waals surface area contributed by atoms with Crippen LogP contribution in [0.2, 0.25) is 0 Å². The van der Waals surface area contributed by atoms with E-state index in [4.69, 9.17) is 9.68 Å². The van der Waals surface area contributed by atoms with Crippen molar-refractivity contribution in [3.8, 4) is 17.4 Å². The second-order valence-corrected chi connectivity index (χ2v) is 3.76. The van der Waals surface area contributed by atoms with Crippen molar-refractivity contribution in [1.82, 2.24) is 0 Å². The standard InChI is InChI=1S/C11H5BrFNO/c12-9-4-7(6-14)10(13)5-8(9)11-2-1-3-15-11/h1-5H. The van der Waals surface area contributed by atoms with E-state index in [1.54, 1.807) is 18.2 Å². The monoisotopic (exact) mass is 265 g/mol. The molecule has 0 amide bonds. The Hall–Kier alpha value is -1.60. The van der Waals surface area contributed by atoms with Gasteiger partial charge in [0.2, 0.25) is 0 Å². The average Bonchev–Trinajstić information content (AvgIpc) is 2.74. The first-order valence-corrected chi connectivity index (χ1v) is 4.94. The molecule has 0 fully saturated rings. The summed E-state index contributed by atoms with van der Waals surface area (Å²) in [5, 5.41) is 8.63. The van der Waals surface area contributed by atoms with Crippen molar-refractivity contribution < 1.29 is 8.81 Å². The third kappa shape index (κ3) is 1.79. The lowest BCUT2D eigenvalue weighted by Gasteiger charge is -2.02. The fraction of sp³-hybridized carbons (Fsp3) is 0. The molecule has 1 aromatic heterocycles. The molecule has 0 bridgehead atoms. The molecule has 0 aliphatic carbocycles. The number of halogens is 2. The first-order valence-electron chi connectivity index (χ1n) is 4.15. The summed E-state index contributed by atoms with van der Waals surface area (Å²) in [5.74, 6) is 0.0114. The molecule has 0 saturated heterocycles. The van der Waals surface area contributed by atoms with Crippen LogP contribution in [0.15, 0.2) is 39.4 Å². The number of benzene rings is 1. The molecule has 0 radical (unpaired) electrons. The molecule has 74 valence electrons. The topological polar surface area (TPSA) is 36.9 Å². The van der Waals surface area contributed by atoms with Crippen molar-refractivity contribution in [3.63, 3.8) is 0 Å². The Morgan fingerprint density at radius 2 is 2.20 bits per heavy atom. The number of hydrogen-bond donors (Lipinski definition) is 0. The van der Waals surface area contributed by atoms with Gasteiger partial charge in [0.05, 0.1) is 11.8 Å². The summed E-state index contributed by atoms with van der Waals surface area (Å²) in [6.45, 7) is 0. The number of nitrogens with zero attached hydrogens (tertiary/aromatic N) is 1. The SMILES string of the molecule is N#Cc1cc(Br)c(-c2ccco2)cc1F. The van der Waals surface area contributed by atoms with Gasteiger partial charge in [-0.25, -0.2) is 4.39 Å². The number of hydrogen-bond acceptors (Lipinski definition) is 2. The fourth-order valence-electron chi connectivity index (χ4n) is 1.25. The van der Waals surface area contributed by atoms with E-state index in [0.29, 0.717) is 15.8 Å². The Morgan fingerprint density at radius 1 is 1.40 bits per heavy atom. The van der Waals surface area contributed by atoms with E-state index in [2.05, 4.69) is 15.9 Å². The average molecular weight is 266 g/mol. The van der Waals surface area contributed by atoms with Crippen LogP contribution in [0.5, 0.6) is 0 Å². The van der Waals surface area contributed by atoms with Crippen LogP contribution >= 0.6 is 15.9 Å². The van der Waals surface area contributed by atoms with Crippen molar-refractivity contribution in [2.45, 2.75) is 0 Å². The van der Waals surface area contributed by atoms with E-state index < -0.39 is 5.82 Å². The molecule has 0 atom stereocenters. The third-order valence-corrected chi connectivity index (χ3v) is 2.62. The molecule has 2 rings (SSSR count). The zero-order valence-corrected chi connectivity index (χ0v) is 9.08. The molecular weight excluding hydrogens is 261 g/mol. The highest BCUT2D eigenvalue weighted by Crippen LogP contribution is 2.30. The molecule has 0 aliphatic rings. The molecule has 0 spiro atoms. The van der Waals surface area contributed by atoms with E-state index in [1.807, 2.05) is 0 Å². The summed E-state index contributed by atoms with van der Waals surface area (Å²) >= 11 is 3.27. The summed E-state index contributed by atoms with van der Waals surface area (Å²) in [4.78, 5) is 0. The minimum Gasteiger partial charge on any atom is -0.464 e. The largest absolute Gasteiger partial charge is 0.464 e. The fourth-order valence-corrected chi connectivity index (χ4v) is 1.79. The third-order valence-electron chi connectivity index (χ3n) is 1.96. The maximum Gasteiger partial charge on any atom is 0.141 e. The van der Waals surface area contributed by atoms with E-state index in [9.17, 15) is 4.39 Å². The molecule has 0 aliphatic heterocycles. The Labute approximate surface area is 94.1 Å². The molecule has 1 aromatic carbocycles. The van der Waals surface area contributed by atoms with Gasteiger partial charge < -0.3 is 4.42 Å². The van der Waals surface area contributed by atoms with Gasteiger partial charge in [-0.1, -0.05) is 0 Å². The summed E-state index contributed by atoms with van der Waals surface area (Å²) in [6, 6.07) is 7.94. The lowest BCUT2D eigenvalue weighted by atomic mass is 10.1. The summed E-state index contributed by atoms with van der Waals surface area (Å²) in [7, 11) is 0. The lowest BCUT2D eigenvalue weighted by Crippen LogP contribution is -1.86. The van der Waals surface area contributed by atoms with Crippen molar-refractivity contribution >= 4 is 15.9 Å². The van der Waals surface area contributed by atoms with Crippen LogP contribution in [-0.2, 0) is 0 Å². The number of furan rings is 1. The zero-order valence-electron chi connectivity index (χ0n) is 7.50. The van der Waals surface area contributed by atoms with Gasteiger partial charge in [0.25, 0.3) is 0 Å². The van der Waals surface area contributed by atoms with Gasteiger partial charge in [0, 0.05) is 10.0 Å². The van der Waals surface area contributed by atoms with Crippen LogP contribution in [-0.4, -0.2) is 0 Å². The van der Waals surface area contributed by atoms with E-state index in [-0.39, 0.29) is 5.56 Å². The van der Waals surface area contributed by atoms with Gasteiger partial charge in [-0.3, -0.25) is 0 Å². The van der Waals surface area contributed by atoms with Crippen molar-refractivity contribution in [3.05, 3.63) is 46.4 Å². The van der Waals surface area contributed by atoms with Crippen LogP contribution in [0.4, 0.5) is 4.39 Å². The van der Waals surface area contributed by atoms with Gasteiger partial charge in [-0.05, 0) is 40.2 Å². The van der Waals surface area contributed by atoms with Crippen molar-refractivity contribution in [2.75, 3.05) is 0 Å². The van der Waals surface area contributed by atoms with Gasteiger partial charge >= 0.3 is 0 Å². The van der Waals surface area contributed by atoms with Crippen LogP contribution < -0.4 is 0 Å². The van der Waals surface area contributed by atoms with E-state index >= 15 is 0 Å². The second kappa shape index (κ2) is 3.87. The number of nitriles is 1. The summed E-state index contributed by atoms with van der Waals surface area (Å²) in [5.41, 5.74) is 0.605. The molecule has 2 aromatic rings. The molecule has 0 N–H and O–H groups in total. The van der Waals surface area contributed by atoms with Gasteiger partial charge in [0.15, 0.2) is 0 Å². The maximum absolute atomic E-state index is 13.3. The van der Waals surface area contributed by atoms with Gasteiger partial charge in [-0.2, -0.15) is 5.26 Å². The lowest BCUT2D eigenvalue weighted by molar-refractivity contribution is 0.579. The highest BCUT2D eigenvalue weighted by molar-refractivity contribution is 9.10. The normalized spacial score (nSPS) is 9.93. The van der Waals surface area contributed by atoms with Crippen LogP contribution in [0, 0.1) is 17.1 Å². The molecule has 0 saturated carbocycles. The van der Waals surface area contributed by atoms with E-state index in [1.165, 1.54) is 18.4 Å². The van der Waals surface area contributed by atoms with Crippen LogP contribution in [0.3, 0.4) is 0 Å². The highest BCUT2D eigenvalue weighted by Gasteiger charge is 2.11. The van der Waals surface area contributed by atoms with E-state index in [0.717, 1.165) is 0 Å². The molecule has 4 heteroatoms. The predicted molar refractivity (Wildman–Crippen MR) is 56.5 cm³/mol. The molecule has 1 heterocycles. The summed E-state index contributed by atoms with van der Waals surface area (Å²) < 4.78 is 19.1. The molecule has 0 unspecified atom stereocenters. The Kier molecular flexibility index (Phi) is 2.57. The van der Waals surface area contributed by atoms with Crippen molar-refractivity contribution in [1.29, 1.82) is 5.26 Å². The van der Waals surface area contributed by atoms with Crippen molar-refractivity contribution in [2.24, 2.45) is 0 Å². The molecule has 15 heavy (non-hydrogen) atoms. The smallest absolute Gasteiger partial charge is 0.141 e. The minimum atomic E-state index is -0.549. The van der Waals surface area contributed by atoms with Crippen LogP contribution in [0.25, 0.3) is 11.3 Å². The maximum atomic E-state index is 13.3. The molecule has 2 nitrogen and oxygen atoms in total. The second-order valence-electron chi connectivity index (χ2n) is 2.90. The first kappa shape index (κ1) is 9.94. The zero-order chi connectivity index (χ0) is 10.8. The van der Waals surface area contributed by atoms with Gasteiger partial charge in [-0.15, -0.1) is 0 Å². The summed E-state index contributed by atoms with van der Waals surface area (Å²) in [6.07, 6.45) is 1.51. The Morgan fingerprint density at radius 3 is 2.80 bits per heavy atom. The number of rotatable bonds is 1. The quantitative estimate of drug-likeness (QED) is 0.788. The minimum absolute atomic E-state index is 0.0113. The Balaban J connectivity index is 2.61.